The third-order valence-electron chi connectivity index (χ3n) is 4.54. The van der Waals surface area contributed by atoms with Gasteiger partial charge in [0.1, 0.15) is 0 Å². The molecule has 0 unspecified atom stereocenters. The van der Waals surface area contributed by atoms with Gasteiger partial charge in [-0.15, -0.1) is 16.9 Å². The van der Waals surface area contributed by atoms with Crippen molar-refractivity contribution in [3.8, 4) is 11.1 Å². The Morgan fingerprint density at radius 2 is 1.93 bits per heavy atom. The van der Waals surface area contributed by atoms with Crippen molar-refractivity contribution in [3.63, 3.8) is 0 Å². The third kappa shape index (κ3) is 5.98. The number of hydrogen-bond acceptors (Lipinski definition) is 5. The summed E-state index contributed by atoms with van der Waals surface area (Å²) in [4.78, 5) is 13.6. The van der Waals surface area contributed by atoms with E-state index in [2.05, 4.69) is 42.8 Å². The Morgan fingerprint density at radius 1 is 1.21 bits per heavy atom. The molecule has 0 saturated heterocycles. The minimum atomic E-state index is 0.0271. The highest BCUT2D eigenvalue weighted by atomic mass is 32.2. The van der Waals surface area contributed by atoms with Gasteiger partial charge in [-0.1, -0.05) is 51.1 Å². The number of anilines is 1. The van der Waals surface area contributed by atoms with Crippen molar-refractivity contribution < 1.29 is 4.79 Å². The van der Waals surface area contributed by atoms with Crippen LogP contribution in [0, 0.1) is 5.92 Å². The maximum absolute atomic E-state index is 12.5. The molecule has 0 radical (unpaired) electrons. The second-order valence-electron chi connectivity index (χ2n) is 8.29. The predicted octanol–water partition coefficient (Wildman–Crippen LogP) is 4.07. The summed E-state index contributed by atoms with van der Waals surface area (Å²) in [7, 11) is 0. The second kappa shape index (κ2) is 8.88. The average molecular weight is 412 g/mol. The summed E-state index contributed by atoms with van der Waals surface area (Å²) in [5.41, 5.74) is 11.8. The van der Waals surface area contributed by atoms with E-state index in [-0.39, 0.29) is 10.7 Å². The Labute approximate surface area is 176 Å². The maximum Gasteiger partial charge on any atom is 0.224 e. The SMILES string of the molecule is CC(C)(C)Sc1ccc(-c2ccccc2/C(N)=N/NN)cc1NC(=O)CC1CC1. The second-order valence-corrected chi connectivity index (χ2v) is 10.2. The van der Waals surface area contributed by atoms with Gasteiger partial charge in [0.25, 0.3) is 0 Å². The first-order valence-corrected chi connectivity index (χ1v) is 10.6. The highest BCUT2D eigenvalue weighted by molar-refractivity contribution is 8.00. The van der Waals surface area contributed by atoms with E-state index in [1.807, 2.05) is 36.4 Å². The number of carbonyl (C=O) groups excluding carboxylic acids is 1. The van der Waals surface area contributed by atoms with Gasteiger partial charge in [-0.05, 0) is 42.0 Å². The normalized spacial score (nSPS) is 14.6. The fourth-order valence-corrected chi connectivity index (χ4v) is 4.10. The molecule has 1 fully saturated rings. The summed E-state index contributed by atoms with van der Waals surface area (Å²) in [5, 5.41) is 7.04. The van der Waals surface area contributed by atoms with Crippen LogP contribution in [0.5, 0.6) is 0 Å². The number of nitrogens with one attached hydrogen (secondary N) is 2. The van der Waals surface area contributed by atoms with Gasteiger partial charge in [0.15, 0.2) is 5.84 Å². The number of hydrogen-bond donors (Lipinski definition) is 4. The van der Waals surface area contributed by atoms with Crippen LogP contribution in [0.1, 0.15) is 45.6 Å². The number of hydrazone groups is 1. The van der Waals surface area contributed by atoms with Crippen LogP contribution in [-0.2, 0) is 4.79 Å². The quantitative estimate of drug-likeness (QED) is 0.181. The molecule has 6 nitrogen and oxygen atoms in total. The number of carbonyl (C=O) groups is 1. The molecule has 3 rings (SSSR count). The monoisotopic (exact) mass is 411 g/mol. The molecule has 2 aromatic carbocycles. The number of benzene rings is 2. The van der Waals surface area contributed by atoms with E-state index in [1.54, 1.807) is 11.8 Å². The number of nitrogens with two attached hydrogens (primary N) is 2. The van der Waals surface area contributed by atoms with Crippen molar-refractivity contribution in [2.45, 2.75) is 49.7 Å². The molecule has 1 aliphatic rings. The summed E-state index contributed by atoms with van der Waals surface area (Å²) in [6, 6.07) is 13.9. The van der Waals surface area contributed by atoms with E-state index in [4.69, 9.17) is 11.6 Å². The molecule has 0 atom stereocenters. The first-order chi connectivity index (χ1) is 13.8. The van der Waals surface area contributed by atoms with Crippen molar-refractivity contribution in [1.82, 2.24) is 5.53 Å². The van der Waals surface area contributed by atoms with Crippen LogP contribution in [-0.4, -0.2) is 16.5 Å². The molecule has 0 spiro atoms. The summed E-state index contributed by atoms with van der Waals surface area (Å²) in [5.74, 6) is 6.20. The topological polar surface area (TPSA) is 106 Å². The standard InChI is InChI=1S/C22H29N5OS/c1-22(2,3)29-19-11-10-15(13-18(19)25-20(28)12-14-8-9-14)16-6-4-5-7-17(16)21(23)26-27-24/h4-7,10-11,13-14,27H,8-9,12,24H2,1-3H3,(H2,23,26)(H,25,28). The van der Waals surface area contributed by atoms with Gasteiger partial charge < -0.3 is 11.1 Å². The largest absolute Gasteiger partial charge is 0.382 e. The van der Waals surface area contributed by atoms with E-state index in [9.17, 15) is 4.79 Å². The summed E-state index contributed by atoms with van der Waals surface area (Å²) >= 11 is 1.74. The van der Waals surface area contributed by atoms with Crippen molar-refractivity contribution in [2.75, 3.05) is 5.32 Å². The zero-order chi connectivity index (χ0) is 21.0. The molecule has 6 N–H and O–H groups in total. The lowest BCUT2D eigenvalue weighted by molar-refractivity contribution is -0.116. The molecule has 0 aromatic heterocycles. The zero-order valence-electron chi connectivity index (χ0n) is 17.2. The molecular weight excluding hydrogens is 382 g/mol. The Kier molecular flexibility index (Phi) is 6.49. The van der Waals surface area contributed by atoms with Crippen LogP contribution in [0.25, 0.3) is 11.1 Å². The highest BCUT2D eigenvalue weighted by Crippen LogP contribution is 2.40. The van der Waals surface area contributed by atoms with E-state index in [1.165, 1.54) is 0 Å². The van der Waals surface area contributed by atoms with Gasteiger partial charge in [-0.3, -0.25) is 4.79 Å². The lowest BCUT2D eigenvalue weighted by atomic mass is 9.98. The van der Waals surface area contributed by atoms with E-state index >= 15 is 0 Å². The molecule has 0 bridgehead atoms. The summed E-state index contributed by atoms with van der Waals surface area (Å²) in [6.07, 6.45) is 2.89. The Bertz CT molecular complexity index is 916. The van der Waals surface area contributed by atoms with Crippen molar-refractivity contribution in [3.05, 3.63) is 48.0 Å². The molecule has 7 heteroatoms. The first-order valence-electron chi connectivity index (χ1n) is 9.78. The fourth-order valence-electron chi connectivity index (χ4n) is 3.09. The number of rotatable bonds is 7. The van der Waals surface area contributed by atoms with Crippen molar-refractivity contribution in [1.29, 1.82) is 0 Å². The van der Waals surface area contributed by atoms with Gasteiger partial charge >= 0.3 is 0 Å². The predicted molar refractivity (Wildman–Crippen MR) is 122 cm³/mol. The number of amides is 1. The van der Waals surface area contributed by atoms with Crippen LogP contribution >= 0.6 is 11.8 Å². The van der Waals surface area contributed by atoms with E-state index < -0.39 is 0 Å². The zero-order valence-corrected chi connectivity index (χ0v) is 18.0. The van der Waals surface area contributed by atoms with E-state index in [0.29, 0.717) is 18.2 Å². The molecule has 29 heavy (non-hydrogen) atoms. The number of amidine groups is 1. The van der Waals surface area contributed by atoms with Crippen LogP contribution in [0.4, 0.5) is 5.69 Å². The molecule has 1 aliphatic carbocycles. The van der Waals surface area contributed by atoms with Crippen LogP contribution in [0.2, 0.25) is 0 Å². The van der Waals surface area contributed by atoms with Crippen molar-refractivity contribution >= 4 is 29.2 Å². The lowest BCUT2D eigenvalue weighted by Gasteiger charge is -2.21. The van der Waals surface area contributed by atoms with Gasteiger partial charge in [0, 0.05) is 21.6 Å². The molecule has 1 saturated carbocycles. The van der Waals surface area contributed by atoms with Gasteiger partial charge in [-0.2, -0.15) is 0 Å². The molecule has 154 valence electrons. The molecule has 2 aromatic rings. The van der Waals surface area contributed by atoms with Crippen LogP contribution in [0.3, 0.4) is 0 Å². The molecular formula is C22H29N5OS. The minimum absolute atomic E-state index is 0.0271. The first kappa shape index (κ1) is 21.2. The third-order valence-corrected chi connectivity index (χ3v) is 5.73. The number of nitrogens with zero attached hydrogens (tertiary/aromatic N) is 1. The Balaban J connectivity index is 1.99. The number of hydrazine groups is 1. The van der Waals surface area contributed by atoms with Gasteiger partial charge in [0.05, 0.1) is 5.69 Å². The smallest absolute Gasteiger partial charge is 0.224 e. The lowest BCUT2D eigenvalue weighted by Crippen LogP contribution is -2.23. The summed E-state index contributed by atoms with van der Waals surface area (Å²) < 4.78 is 0.0271. The van der Waals surface area contributed by atoms with Crippen LogP contribution in [0.15, 0.2) is 52.5 Å². The van der Waals surface area contributed by atoms with Gasteiger partial charge in [0.2, 0.25) is 5.91 Å². The van der Waals surface area contributed by atoms with E-state index in [0.717, 1.165) is 40.1 Å². The van der Waals surface area contributed by atoms with Gasteiger partial charge in [-0.25, -0.2) is 11.4 Å². The Hall–Kier alpha value is -2.51. The fraction of sp³-hybridized carbons (Fsp3) is 0.364. The number of thioether (sulfide) groups is 1. The molecule has 1 amide bonds. The maximum atomic E-state index is 12.5. The highest BCUT2D eigenvalue weighted by Gasteiger charge is 2.25. The average Bonchev–Trinajstić information content (AvgIpc) is 3.46. The minimum Gasteiger partial charge on any atom is -0.382 e. The van der Waals surface area contributed by atoms with Crippen molar-refractivity contribution in [2.24, 2.45) is 22.6 Å². The Morgan fingerprint density at radius 3 is 2.59 bits per heavy atom. The molecule has 0 heterocycles. The van der Waals surface area contributed by atoms with Crippen LogP contribution < -0.4 is 22.4 Å². The summed E-state index contributed by atoms with van der Waals surface area (Å²) in [6.45, 7) is 6.48. The molecule has 0 aliphatic heterocycles.